The third-order valence-electron chi connectivity index (χ3n) is 9.76. The molecule has 0 saturated carbocycles. The Morgan fingerprint density at radius 1 is 0.533 bits per heavy atom. The van der Waals surface area contributed by atoms with Crippen LogP contribution in [0.2, 0.25) is 15.1 Å². The summed E-state index contributed by atoms with van der Waals surface area (Å²) in [5.74, 6) is -0.963. The van der Waals surface area contributed by atoms with Crippen molar-refractivity contribution in [1.82, 2.24) is 20.6 Å². The van der Waals surface area contributed by atoms with E-state index in [4.69, 9.17) is 34.8 Å². The van der Waals surface area contributed by atoms with Crippen molar-refractivity contribution in [3.63, 3.8) is 0 Å². The van der Waals surface area contributed by atoms with Crippen LogP contribution in [0.15, 0.2) is 158 Å². The molecular formula is C48H36Cl3FN4O4. The fraction of sp³-hybridized carbons (Fsp3) is 0.0833. The van der Waals surface area contributed by atoms with Gasteiger partial charge < -0.3 is 20.8 Å². The molecule has 2 amide bonds. The standard InChI is InChI=1S/C24H18Cl2N2O2.C24H18ClFN2O2/c25-19-11-5-4-9-16(19)22(28-21(29)13-15-7-2-1-3-8-15)18-14-20(26)17-10-6-12-27-23(17)24(18)30;25-20-14-19(24(30)23-18(20)7-4-12-27-23)22(16-8-10-17(26)11-9-16)28-21(29)13-15-5-2-1-3-6-15/h2*1-12,14,22,30H,13H2,(H,28,29). The average Bonchev–Trinajstić information content (AvgIpc) is 3.26. The average molecular weight is 858 g/mol. The van der Waals surface area contributed by atoms with Gasteiger partial charge in [-0.3, -0.25) is 19.6 Å². The Labute approximate surface area is 360 Å². The topological polar surface area (TPSA) is 124 Å². The van der Waals surface area contributed by atoms with Crippen LogP contribution in [0.3, 0.4) is 0 Å². The van der Waals surface area contributed by atoms with Gasteiger partial charge in [0.25, 0.3) is 0 Å². The first-order chi connectivity index (χ1) is 29.1. The predicted molar refractivity (Wildman–Crippen MR) is 235 cm³/mol. The minimum atomic E-state index is -0.731. The fourth-order valence-corrected chi connectivity index (χ4v) is 7.65. The lowest BCUT2D eigenvalue weighted by molar-refractivity contribution is -0.121. The van der Waals surface area contributed by atoms with E-state index in [0.29, 0.717) is 59.1 Å². The number of aromatic nitrogens is 2. The van der Waals surface area contributed by atoms with Crippen LogP contribution in [-0.2, 0) is 22.4 Å². The minimum Gasteiger partial charge on any atom is -0.505 e. The van der Waals surface area contributed by atoms with E-state index in [1.807, 2.05) is 78.9 Å². The third-order valence-corrected chi connectivity index (χ3v) is 10.7. The summed E-state index contributed by atoms with van der Waals surface area (Å²) in [5, 5.41) is 30.4. The zero-order valence-electron chi connectivity index (χ0n) is 31.7. The van der Waals surface area contributed by atoms with E-state index in [9.17, 15) is 24.2 Å². The lowest BCUT2D eigenvalue weighted by atomic mass is 9.95. The highest BCUT2D eigenvalue weighted by Crippen LogP contribution is 2.41. The van der Waals surface area contributed by atoms with E-state index in [1.165, 1.54) is 12.1 Å². The molecule has 0 aliphatic heterocycles. The molecule has 8 nitrogen and oxygen atoms in total. The number of fused-ring (bicyclic) bond motifs is 2. The number of hydrogen-bond acceptors (Lipinski definition) is 6. The van der Waals surface area contributed by atoms with Crippen LogP contribution in [0.5, 0.6) is 11.5 Å². The Kier molecular flexibility index (Phi) is 13.2. The van der Waals surface area contributed by atoms with Crippen LogP contribution in [0, 0.1) is 5.82 Å². The van der Waals surface area contributed by atoms with Gasteiger partial charge in [0.15, 0.2) is 0 Å². The van der Waals surface area contributed by atoms with Crippen molar-refractivity contribution in [2.24, 2.45) is 0 Å². The van der Waals surface area contributed by atoms with Gasteiger partial charge in [-0.15, -0.1) is 0 Å². The molecule has 0 aliphatic rings. The van der Waals surface area contributed by atoms with Crippen LogP contribution >= 0.6 is 34.8 Å². The highest BCUT2D eigenvalue weighted by molar-refractivity contribution is 6.36. The molecule has 0 bridgehead atoms. The van der Waals surface area contributed by atoms with Gasteiger partial charge in [0.1, 0.15) is 28.3 Å². The van der Waals surface area contributed by atoms with Crippen LogP contribution in [0.25, 0.3) is 21.8 Å². The largest absolute Gasteiger partial charge is 0.505 e. The Balaban J connectivity index is 0.000000181. The first-order valence-electron chi connectivity index (χ1n) is 18.8. The third kappa shape index (κ3) is 9.67. The number of phenolic OH excluding ortho intramolecular Hbond substituents is 2. The monoisotopic (exact) mass is 856 g/mol. The molecule has 0 spiro atoms. The van der Waals surface area contributed by atoms with Gasteiger partial charge in [-0.25, -0.2) is 4.39 Å². The number of phenols is 2. The molecule has 0 fully saturated rings. The van der Waals surface area contributed by atoms with Crippen molar-refractivity contribution >= 4 is 68.4 Å². The van der Waals surface area contributed by atoms with Crippen molar-refractivity contribution < 1.29 is 24.2 Å². The van der Waals surface area contributed by atoms with E-state index in [2.05, 4.69) is 20.6 Å². The normalized spacial score (nSPS) is 11.9. The molecular weight excluding hydrogens is 822 g/mol. The second-order valence-electron chi connectivity index (χ2n) is 13.8. The van der Waals surface area contributed by atoms with E-state index in [0.717, 1.165) is 11.1 Å². The summed E-state index contributed by atoms with van der Waals surface area (Å²) in [4.78, 5) is 34.1. The Bertz CT molecular complexity index is 2800. The van der Waals surface area contributed by atoms with Gasteiger partial charge in [0, 0.05) is 39.3 Å². The summed E-state index contributed by atoms with van der Waals surface area (Å²) in [6.07, 6.45) is 3.50. The number of amides is 2. The minimum absolute atomic E-state index is 0.0417. The molecule has 2 unspecified atom stereocenters. The van der Waals surface area contributed by atoms with Crippen molar-refractivity contribution in [3.8, 4) is 11.5 Å². The maximum Gasteiger partial charge on any atom is 0.225 e. The van der Waals surface area contributed by atoms with Crippen molar-refractivity contribution in [2.45, 2.75) is 24.9 Å². The zero-order valence-corrected chi connectivity index (χ0v) is 34.0. The highest BCUT2D eigenvalue weighted by Gasteiger charge is 2.26. The summed E-state index contributed by atoms with van der Waals surface area (Å²) in [5.41, 5.74) is 4.53. The van der Waals surface area contributed by atoms with Crippen molar-refractivity contribution in [1.29, 1.82) is 0 Å². The number of nitrogens with zero attached hydrogens (tertiary/aromatic N) is 2. The number of hydrogen-bond donors (Lipinski definition) is 4. The Hall–Kier alpha value is -6.52. The molecule has 2 atom stereocenters. The molecule has 0 saturated heterocycles. The van der Waals surface area contributed by atoms with Gasteiger partial charge in [-0.2, -0.15) is 0 Å². The first-order valence-corrected chi connectivity index (χ1v) is 19.9. The van der Waals surface area contributed by atoms with Crippen LogP contribution < -0.4 is 10.6 Å². The Morgan fingerprint density at radius 2 is 0.983 bits per heavy atom. The molecule has 8 rings (SSSR count). The molecule has 2 heterocycles. The number of carbonyl (C=O) groups excluding carboxylic acids is 2. The molecule has 12 heteroatoms. The van der Waals surface area contributed by atoms with Crippen LogP contribution in [-0.4, -0.2) is 32.0 Å². The quantitative estimate of drug-likeness (QED) is 0.109. The summed E-state index contributed by atoms with van der Waals surface area (Å²) in [6.45, 7) is 0. The molecule has 0 aliphatic carbocycles. The highest BCUT2D eigenvalue weighted by atomic mass is 35.5. The van der Waals surface area contributed by atoms with E-state index >= 15 is 0 Å². The van der Waals surface area contributed by atoms with Gasteiger partial charge >= 0.3 is 0 Å². The number of rotatable bonds is 10. The molecule has 2 aromatic heterocycles. The van der Waals surface area contributed by atoms with Gasteiger partial charge in [-0.05, 0) is 76.9 Å². The number of carbonyl (C=O) groups is 2. The van der Waals surface area contributed by atoms with Crippen molar-refractivity contribution in [3.05, 3.63) is 212 Å². The van der Waals surface area contributed by atoms with E-state index < -0.39 is 17.9 Å². The number of halogens is 4. The Morgan fingerprint density at radius 3 is 1.48 bits per heavy atom. The van der Waals surface area contributed by atoms with E-state index in [-0.39, 0.29) is 36.2 Å². The molecule has 4 N–H and O–H groups in total. The zero-order chi connectivity index (χ0) is 42.2. The second-order valence-corrected chi connectivity index (χ2v) is 15.0. The molecule has 0 radical (unpaired) electrons. The molecule has 6 aromatic carbocycles. The number of pyridine rings is 2. The number of nitrogens with one attached hydrogen (secondary N) is 2. The summed E-state index contributed by atoms with van der Waals surface area (Å²) in [7, 11) is 0. The first kappa shape index (κ1) is 41.6. The predicted octanol–water partition coefficient (Wildman–Crippen LogP) is 10.9. The fourth-order valence-electron chi connectivity index (χ4n) is 6.87. The lowest BCUT2D eigenvalue weighted by Crippen LogP contribution is -2.31. The number of aromatic hydroxyl groups is 2. The van der Waals surface area contributed by atoms with Gasteiger partial charge in [0.05, 0.1) is 35.0 Å². The smallest absolute Gasteiger partial charge is 0.225 e. The van der Waals surface area contributed by atoms with E-state index in [1.54, 1.807) is 67.0 Å². The van der Waals surface area contributed by atoms with Gasteiger partial charge in [0.2, 0.25) is 11.8 Å². The molecule has 8 aromatic rings. The second kappa shape index (κ2) is 19.0. The van der Waals surface area contributed by atoms with Crippen molar-refractivity contribution in [2.75, 3.05) is 0 Å². The van der Waals surface area contributed by atoms with Gasteiger partial charge in [-0.1, -0.05) is 126 Å². The SMILES string of the molecule is O=C(Cc1ccccc1)NC(c1ccc(F)cc1)c1cc(Cl)c2cccnc2c1O.O=C(Cc1ccccc1)NC(c1ccccc1Cl)c1cc(Cl)c2cccnc2c1O. The molecule has 60 heavy (non-hydrogen) atoms. The lowest BCUT2D eigenvalue weighted by Gasteiger charge is -2.23. The summed E-state index contributed by atoms with van der Waals surface area (Å²) < 4.78 is 13.5. The summed E-state index contributed by atoms with van der Waals surface area (Å²) in [6, 6.07) is 40.6. The summed E-state index contributed by atoms with van der Waals surface area (Å²) >= 11 is 19.3. The molecule has 300 valence electrons. The number of benzene rings is 6. The maximum absolute atomic E-state index is 13.5. The van der Waals surface area contributed by atoms with Crippen LogP contribution in [0.1, 0.15) is 45.5 Å². The van der Waals surface area contributed by atoms with Crippen LogP contribution in [0.4, 0.5) is 4.39 Å². The maximum atomic E-state index is 13.5.